The topological polar surface area (TPSA) is 114 Å². The number of pyridine rings is 1. The number of rotatable bonds is 4. The van der Waals surface area contributed by atoms with Crippen molar-refractivity contribution in [3.63, 3.8) is 0 Å². The molecule has 0 radical (unpaired) electrons. The second kappa shape index (κ2) is 6.84. The van der Waals surface area contributed by atoms with Gasteiger partial charge in [-0.15, -0.1) is 0 Å². The molecule has 8 nitrogen and oxygen atoms in total. The van der Waals surface area contributed by atoms with Crippen LogP contribution in [0, 0.1) is 10.1 Å². The molecule has 0 amide bonds. The third-order valence-electron chi connectivity index (χ3n) is 4.22. The number of phenolic OH excluding ortho intramolecular Hbond substituents is 2. The number of nitro groups is 1. The molecule has 0 aliphatic carbocycles. The molecule has 0 unspecified atom stereocenters. The van der Waals surface area contributed by atoms with Crippen LogP contribution in [0.25, 0.3) is 28.3 Å². The van der Waals surface area contributed by atoms with Gasteiger partial charge in [0.05, 0.1) is 16.3 Å². The molecule has 0 saturated heterocycles. The highest BCUT2D eigenvalue weighted by molar-refractivity contribution is 5.72. The van der Waals surface area contributed by atoms with Crippen LogP contribution in [0.2, 0.25) is 0 Å². The SMILES string of the molecule is O=[N+]([O-])c1ccc(-c2cc(-c3ccc(O)c(O)c3)n(-c3ccccn3)n2)cc1. The fourth-order valence-electron chi connectivity index (χ4n) is 2.82. The maximum absolute atomic E-state index is 10.9. The molecule has 138 valence electrons. The molecular formula is C20H14N4O4. The van der Waals surface area contributed by atoms with Crippen molar-refractivity contribution in [2.75, 3.05) is 0 Å². The summed E-state index contributed by atoms with van der Waals surface area (Å²) in [5, 5.41) is 34.9. The highest BCUT2D eigenvalue weighted by atomic mass is 16.6. The van der Waals surface area contributed by atoms with Gasteiger partial charge in [-0.05, 0) is 48.5 Å². The van der Waals surface area contributed by atoms with Gasteiger partial charge in [-0.2, -0.15) is 5.10 Å². The Balaban J connectivity index is 1.86. The lowest BCUT2D eigenvalue weighted by atomic mass is 10.1. The lowest BCUT2D eigenvalue weighted by Gasteiger charge is -2.07. The first kappa shape index (κ1) is 17.2. The second-order valence-electron chi connectivity index (χ2n) is 6.02. The van der Waals surface area contributed by atoms with E-state index in [1.54, 1.807) is 47.3 Å². The number of non-ortho nitro benzene ring substituents is 1. The number of phenols is 2. The van der Waals surface area contributed by atoms with Crippen LogP contribution in [0.1, 0.15) is 0 Å². The van der Waals surface area contributed by atoms with E-state index in [-0.39, 0.29) is 17.2 Å². The molecule has 28 heavy (non-hydrogen) atoms. The van der Waals surface area contributed by atoms with E-state index in [1.165, 1.54) is 24.3 Å². The first-order valence-electron chi connectivity index (χ1n) is 8.31. The van der Waals surface area contributed by atoms with Crippen molar-refractivity contribution in [2.45, 2.75) is 0 Å². The first-order chi connectivity index (χ1) is 13.5. The molecule has 0 bridgehead atoms. The number of hydrogen-bond acceptors (Lipinski definition) is 6. The zero-order valence-corrected chi connectivity index (χ0v) is 14.4. The molecular weight excluding hydrogens is 360 g/mol. The maximum atomic E-state index is 10.9. The highest BCUT2D eigenvalue weighted by Crippen LogP contribution is 2.33. The van der Waals surface area contributed by atoms with Crippen LogP contribution in [-0.4, -0.2) is 29.9 Å². The van der Waals surface area contributed by atoms with E-state index >= 15 is 0 Å². The molecule has 2 heterocycles. The van der Waals surface area contributed by atoms with Crippen LogP contribution in [0.5, 0.6) is 11.5 Å². The van der Waals surface area contributed by atoms with Crippen LogP contribution in [0.4, 0.5) is 5.69 Å². The van der Waals surface area contributed by atoms with Crippen LogP contribution in [-0.2, 0) is 0 Å². The standard InChI is InChI=1S/C20H14N4O4/c25-18-9-6-14(11-19(18)26)17-12-16(13-4-7-15(8-5-13)24(27)28)22-23(17)20-3-1-2-10-21-20/h1-12,25-26H. The Morgan fingerprint density at radius 3 is 2.29 bits per heavy atom. The Kier molecular flexibility index (Phi) is 4.21. The molecule has 0 atom stereocenters. The molecule has 4 aromatic rings. The number of nitro benzene ring substituents is 1. The summed E-state index contributed by atoms with van der Waals surface area (Å²) in [4.78, 5) is 14.7. The minimum atomic E-state index is -0.457. The predicted octanol–water partition coefficient (Wildman–Crippen LogP) is 3.92. The van der Waals surface area contributed by atoms with E-state index in [1.807, 2.05) is 6.07 Å². The van der Waals surface area contributed by atoms with Gasteiger partial charge in [-0.25, -0.2) is 9.67 Å². The predicted molar refractivity (Wildman–Crippen MR) is 102 cm³/mol. The fourth-order valence-corrected chi connectivity index (χ4v) is 2.82. The van der Waals surface area contributed by atoms with E-state index < -0.39 is 4.92 Å². The molecule has 2 aromatic heterocycles. The molecule has 0 aliphatic heterocycles. The van der Waals surface area contributed by atoms with Crippen LogP contribution in [0.3, 0.4) is 0 Å². The zero-order chi connectivity index (χ0) is 19.7. The number of benzene rings is 2. The summed E-state index contributed by atoms with van der Waals surface area (Å²) in [6.07, 6.45) is 1.64. The number of aromatic nitrogens is 3. The summed E-state index contributed by atoms with van der Waals surface area (Å²) in [7, 11) is 0. The van der Waals surface area contributed by atoms with Crippen molar-refractivity contribution in [3.05, 3.63) is 83.0 Å². The lowest BCUT2D eigenvalue weighted by molar-refractivity contribution is -0.384. The van der Waals surface area contributed by atoms with Gasteiger partial charge in [0.1, 0.15) is 0 Å². The summed E-state index contributed by atoms with van der Waals surface area (Å²) in [5.74, 6) is 0.102. The normalized spacial score (nSPS) is 10.7. The molecule has 0 spiro atoms. The van der Waals surface area contributed by atoms with Crippen LogP contribution >= 0.6 is 0 Å². The van der Waals surface area contributed by atoms with Crippen molar-refractivity contribution in [3.8, 4) is 39.8 Å². The minimum absolute atomic E-state index is 0.00316. The van der Waals surface area contributed by atoms with Crippen molar-refractivity contribution in [2.24, 2.45) is 0 Å². The monoisotopic (exact) mass is 374 g/mol. The largest absolute Gasteiger partial charge is 0.504 e. The van der Waals surface area contributed by atoms with E-state index in [0.29, 0.717) is 28.3 Å². The molecule has 8 heteroatoms. The summed E-state index contributed by atoms with van der Waals surface area (Å²) >= 11 is 0. The first-order valence-corrected chi connectivity index (χ1v) is 8.31. The van der Waals surface area contributed by atoms with Crippen molar-refractivity contribution < 1.29 is 15.1 Å². The Labute approximate surface area is 159 Å². The number of hydrogen-bond donors (Lipinski definition) is 2. The Hall–Kier alpha value is -4.20. The molecule has 0 aliphatic rings. The molecule has 0 fully saturated rings. The van der Waals surface area contributed by atoms with Crippen LogP contribution < -0.4 is 0 Å². The summed E-state index contributed by atoms with van der Waals surface area (Å²) in [5.41, 5.74) is 2.55. The third kappa shape index (κ3) is 3.14. The maximum Gasteiger partial charge on any atom is 0.269 e. The van der Waals surface area contributed by atoms with Crippen LogP contribution in [0.15, 0.2) is 72.9 Å². The van der Waals surface area contributed by atoms with E-state index in [2.05, 4.69) is 10.1 Å². The zero-order valence-electron chi connectivity index (χ0n) is 14.4. The molecule has 2 aromatic carbocycles. The van der Waals surface area contributed by atoms with Gasteiger partial charge in [0.2, 0.25) is 0 Å². The second-order valence-corrected chi connectivity index (χ2v) is 6.02. The van der Waals surface area contributed by atoms with Crippen molar-refractivity contribution in [1.82, 2.24) is 14.8 Å². The average Bonchev–Trinajstić information content (AvgIpc) is 3.16. The van der Waals surface area contributed by atoms with Gasteiger partial charge in [0.25, 0.3) is 5.69 Å². The third-order valence-corrected chi connectivity index (χ3v) is 4.22. The number of nitrogens with zero attached hydrogens (tertiary/aromatic N) is 4. The van der Waals surface area contributed by atoms with Gasteiger partial charge < -0.3 is 10.2 Å². The minimum Gasteiger partial charge on any atom is -0.504 e. The van der Waals surface area contributed by atoms with Gasteiger partial charge >= 0.3 is 0 Å². The molecule has 2 N–H and O–H groups in total. The van der Waals surface area contributed by atoms with E-state index in [4.69, 9.17) is 0 Å². The molecule has 4 rings (SSSR count). The van der Waals surface area contributed by atoms with E-state index in [0.717, 1.165) is 0 Å². The van der Waals surface area contributed by atoms with Gasteiger partial charge in [-0.1, -0.05) is 6.07 Å². The van der Waals surface area contributed by atoms with Crippen molar-refractivity contribution in [1.29, 1.82) is 0 Å². The van der Waals surface area contributed by atoms with Crippen molar-refractivity contribution >= 4 is 5.69 Å². The Morgan fingerprint density at radius 1 is 0.893 bits per heavy atom. The summed E-state index contributed by atoms with van der Waals surface area (Å²) in [6.45, 7) is 0. The summed E-state index contributed by atoms with van der Waals surface area (Å²) in [6, 6.07) is 17.8. The quantitative estimate of drug-likeness (QED) is 0.318. The average molecular weight is 374 g/mol. The number of aromatic hydroxyl groups is 2. The van der Waals surface area contributed by atoms with Gasteiger partial charge in [-0.3, -0.25) is 10.1 Å². The Morgan fingerprint density at radius 2 is 1.64 bits per heavy atom. The highest BCUT2D eigenvalue weighted by Gasteiger charge is 2.16. The summed E-state index contributed by atoms with van der Waals surface area (Å²) < 4.78 is 1.61. The lowest BCUT2D eigenvalue weighted by Crippen LogP contribution is -2.01. The van der Waals surface area contributed by atoms with E-state index in [9.17, 15) is 20.3 Å². The smallest absolute Gasteiger partial charge is 0.269 e. The van der Waals surface area contributed by atoms with Gasteiger partial charge in [0.15, 0.2) is 17.3 Å². The fraction of sp³-hybridized carbons (Fsp3) is 0. The van der Waals surface area contributed by atoms with Gasteiger partial charge in [0, 0.05) is 29.5 Å². The Bertz CT molecular complexity index is 1150. The molecule has 0 saturated carbocycles.